The summed E-state index contributed by atoms with van der Waals surface area (Å²) in [5.74, 6) is 1.25. The quantitative estimate of drug-likeness (QED) is 0.198. The molecule has 0 bridgehead atoms. The third-order valence-corrected chi connectivity index (χ3v) is 9.84. The number of piperidine rings is 1. The predicted octanol–water partition coefficient (Wildman–Crippen LogP) is 3.38. The molecular weight excluding hydrogens is 659 g/mol. The summed E-state index contributed by atoms with van der Waals surface area (Å²) in [6, 6.07) is 4.36. The van der Waals surface area contributed by atoms with Gasteiger partial charge in [0.25, 0.3) is 0 Å². The summed E-state index contributed by atoms with van der Waals surface area (Å²) in [5, 5.41) is 5.83. The molecule has 48 heavy (non-hydrogen) atoms. The highest BCUT2D eigenvalue weighted by atomic mass is 35.5. The van der Waals surface area contributed by atoms with Gasteiger partial charge in [-0.25, -0.2) is 27.6 Å². The molecule has 4 N–H and O–H groups in total. The summed E-state index contributed by atoms with van der Waals surface area (Å²) in [4.78, 5) is 27.3. The van der Waals surface area contributed by atoms with E-state index in [1.54, 1.807) is 31.6 Å². The monoisotopic (exact) mass is 706 g/mol. The number of amides is 2. The average molecular weight is 707 g/mol. The number of sulfone groups is 1. The summed E-state index contributed by atoms with van der Waals surface area (Å²) in [6.07, 6.45) is 10.8. The Balaban J connectivity index is 1.37. The fraction of sp³-hybridized carbons (Fsp3) is 0.545. The van der Waals surface area contributed by atoms with E-state index in [-0.39, 0.29) is 29.4 Å². The molecule has 2 amide bonds. The molecule has 1 unspecified atom stereocenters. The largest absolute Gasteiger partial charge is 0.438 e. The van der Waals surface area contributed by atoms with Gasteiger partial charge in [-0.15, -0.1) is 0 Å². The summed E-state index contributed by atoms with van der Waals surface area (Å²) < 4.78 is 42.9. The number of allylic oxidation sites excluding steroid dienone is 1. The average Bonchev–Trinajstić information content (AvgIpc) is 3.04. The molecule has 12 nitrogen and oxygen atoms in total. The number of halogens is 2. The molecule has 0 radical (unpaired) electrons. The number of nitrogens with two attached hydrogens (primary N) is 1. The zero-order valence-corrected chi connectivity index (χ0v) is 29.6. The van der Waals surface area contributed by atoms with Crippen molar-refractivity contribution in [2.24, 2.45) is 11.7 Å². The molecule has 3 heterocycles. The van der Waals surface area contributed by atoms with Crippen molar-refractivity contribution in [3.63, 3.8) is 0 Å². The highest BCUT2D eigenvalue weighted by molar-refractivity contribution is 7.90. The number of anilines is 1. The van der Waals surface area contributed by atoms with E-state index in [2.05, 4.69) is 35.3 Å². The van der Waals surface area contributed by atoms with Crippen molar-refractivity contribution in [2.75, 3.05) is 82.9 Å². The molecule has 15 heteroatoms. The lowest BCUT2D eigenvalue weighted by molar-refractivity contribution is 0.193. The Morgan fingerprint density at radius 3 is 2.44 bits per heavy atom. The van der Waals surface area contributed by atoms with Crippen LogP contribution in [-0.2, 0) is 9.84 Å². The smallest absolute Gasteiger partial charge is 0.314 e. The molecule has 1 aromatic heterocycles. The Kier molecular flexibility index (Phi) is 13.9. The zero-order valence-electron chi connectivity index (χ0n) is 28.0. The lowest BCUT2D eigenvalue weighted by Gasteiger charge is -2.34. The second kappa shape index (κ2) is 17.8. The number of benzene rings is 1. The van der Waals surface area contributed by atoms with Crippen LogP contribution in [0.4, 0.5) is 15.1 Å². The first-order chi connectivity index (χ1) is 22.9. The number of piperazine rings is 1. The van der Waals surface area contributed by atoms with Crippen molar-refractivity contribution in [3.05, 3.63) is 70.6 Å². The second-order valence-corrected chi connectivity index (χ2v) is 15.3. The van der Waals surface area contributed by atoms with Crippen LogP contribution in [0.5, 0.6) is 5.75 Å². The van der Waals surface area contributed by atoms with Crippen molar-refractivity contribution in [1.29, 1.82) is 0 Å². The molecule has 2 aliphatic rings. The van der Waals surface area contributed by atoms with E-state index in [0.717, 1.165) is 69.8 Å². The van der Waals surface area contributed by atoms with Crippen LogP contribution < -0.4 is 26.0 Å². The Morgan fingerprint density at radius 1 is 1.12 bits per heavy atom. The number of hydrogen-bond donors (Lipinski definition) is 3. The van der Waals surface area contributed by atoms with Gasteiger partial charge >= 0.3 is 6.03 Å². The number of ether oxygens (including phenoxy) is 1. The Morgan fingerprint density at radius 2 is 1.81 bits per heavy atom. The molecular formula is C33H48ClFN8O4S. The van der Waals surface area contributed by atoms with Gasteiger partial charge in [-0.2, -0.15) is 0 Å². The molecule has 2 aliphatic heterocycles. The van der Waals surface area contributed by atoms with Crippen molar-refractivity contribution in [2.45, 2.75) is 32.1 Å². The standard InChI is InChI=1S/C33H48ClFN8O4S/c1-24(27-17-28(34)19-29(35)18-27)15-26(23-42-8-5-25(6-9-42)20-40-33(44)37-2)16-31(36)47-30-21-38-32(39-22-30)43-12-10-41(11-13-43)7-4-14-48(3,45)46/h15-19,21-22,24-25H,4-14,20,23,36H2,1-3H3,(H2,37,40,44)/b26-15+,31-16+. The van der Waals surface area contributed by atoms with Crippen LogP contribution in [0.25, 0.3) is 0 Å². The number of nitrogens with one attached hydrogen (secondary N) is 2. The first kappa shape index (κ1) is 37.4. The van der Waals surface area contributed by atoms with E-state index >= 15 is 0 Å². The Labute approximate surface area is 288 Å². The topological polar surface area (TPSA) is 146 Å². The van der Waals surface area contributed by atoms with Gasteiger partial charge in [0.15, 0.2) is 11.6 Å². The Hall–Kier alpha value is -3.46. The van der Waals surface area contributed by atoms with Gasteiger partial charge in [0.1, 0.15) is 15.7 Å². The fourth-order valence-corrected chi connectivity index (χ4v) is 6.81. The minimum absolute atomic E-state index is 0.144. The molecule has 2 fully saturated rings. The number of nitrogens with zero attached hydrogens (tertiary/aromatic N) is 5. The van der Waals surface area contributed by atoms with Gasteiger partial charge in [0.2, 0.25) is 5.95 Å². The first-order valence-corrected chi connectivity index (χ1v) is 18.8. The third kappa shape index (κ3) is 12.5. The fourth-order valence-electron chi connectivity index (χ4n) is 5.93. The maximum absolute atomic E-state index is 14.1. The molecule has 0 aliphatic carbocycles. The van der Waals surface area contributed by atoms with Crippen LogP contribution in [-0.4, -0.2) is 112 Å². The number of aromatic nitrogens is 2. The van der Waals surface area contributed by atoms with E-state index in [1.165, 1.54) is 18.4 Å². The van der Waals surface area contributed by atoms with E-state index in [0.29, 0.717) is 42.1 Å². The number of hydrogen-bond acceptors (Lipinski definition) is 10. The summed E-state index contributed by atoms with van der Waals surface area (Å²) in [7, 11) is -1.34. The van der Waals surface area contributed by atoms with Crippen molar-refractivity contribution in [1.82, 2.24) is 30.4 Å². The molecule has 1 aromatic carbocycles. The summed E-state index contributed by atoms with van der Waals surface area (Å²) in [5.41, 5.74) is 8.05. The highest BCUT2D eigenvalue weighted by Crippen LogP contribution is 2.25. The van der Waals surface area contributed by atoms with Gasteiger partial charge in [-0.05, 0) is 80.1 Å². The molecule has 264 valence electrons. The number of carbonyl (C=O) groups is 1. The van der Waals surface area contributed by atoms with Crippen LogP contribution in [0.2, 0.25) is 5.02 Å². The zero-order chi connectivity index (χ0) is 34.7. The molecule has 2 saturated heterocycles. The van der Waals surface area contributed by atoms with Crippen molar-refractivity contribution >= 4 is 33.4 Å². The molecule has 1 atom stereocenters. The van der Waals surface area contributed by atoms with E-state index < -0.39 is 9.84 Å². The van der Waals surface area contributed by atoms with E-state index in [9.17, 15) is 17.6 Å². The summed E-state index contributed by atoms with van der Waals surface area (Å²) in [6.45, 7) is 8.79. The van der Waals surface area contributed by atoms with Gasteiger partial charge in [0.05, 0.1) is 18.1 Å². The maximum atomic E-state index is 14.1. The number of carbonyl (C=O) groups excluding carboxylic acids is 1. The second-order valence-electron chi connectivity index (χ2n) is 12.6. The van der Waals surface area contributed by atoms with Crippen LogP contribution in [0.1, 0.15) is 37.7 Å². The van der Waals surface area contributed by atoms with E-state index in [4.69, 9.17) is 22.1 Å². The molecule has 2 aromatic rings. The van der Waals surface area contributed by atoms with Crippen molar-refractivity contribution < 1.29 is 22.3 Å². The van der Waals surface area contributed by atoms with Crippen LogP contribution in [0.3, 0.4) is 0 Å². The highest BCUT2D eigenvalue weighted by Gasteiger charge is 2.22. The molecule has 4 rings (SSSR count). The number of rotatable bonds is 14. The first-order valence-electron chi connectivity index (χ1n) is 16.3. The van der Waals surface area contributed by atoms with Crippen LogP contribution in [0.15, 0.2) is 54.2 Å². The third-order valence-electron chi connectivity index (χ3n) is 8.59. The van der Waals surface area contributed by atoms with Crippen LogP contribution >= 0.6 is 11.6 Å². The lowest BCUT2D eigenvalue weighted by atomic mass is 9.95. The van der Waals surface area contributed by atoms with Gasteiger partial charge in [-0.1, -0.05) is 24.6 Å². The number of likely N-dealkylation sites (tertiary alicyclic amines) is 1. The number of urea groups is 1. The van der Waals surface area contributed by atoms with Crippen LogP contribution in [0, 0.1) is 11.7 Å². The molecule has 0 saturated carbocycles. The lowest BCUT2D eigenvalue weighted by Crippen LogP contribution is -2.47. The van der Waals surface area contributed by atoms with E-state index in [1.807, 2.05) is 13.0 Å². The SMILES string of the molecule is CNC(=O)NCC1CCN(CC(=C/C(C)c2cc(F)cc(Cl)c2)/C=C(\N)Oc2cnc(N3CCN(CCCS(C)(=O)=O)CC3)nc2)CC1. The maximum Gasteiger partial charge on any atom is 0.314 e. The minimum atomic E-state index is -2.95. The minimum Gasteiger partial charge on any atom is -0.438 e. The predicted molar refractivity (Wildman–Crippen MR) is 187 cm³/mol. The molecule has 0 spiro atoms. The van der Waals surface area contributed by atoms with Crippen molar-refractivity contribution in [3.8, 4) is 5.75 Å². The summed E-state index contributed by atoms with van der Waals surface area (Å²) >= 11 is 6.14. The Bertz CT molecular complexity index is 1510. The normalized spacial score (nSPS) is 18.1. The van der Waals surface area contributed by atoms with Gasteiger partial charge in [-0.3, -0.25) is 9.80 Å². The van der Waals surface area contributed by atoms with Gasteiger partial charge < -0.3 is 26.0 Å². The van der Waals surface area contributed by atoms with Gasteiger partial charge in [0, 0.05) is 63.7 Å².